The Morgan fingerprint density at radius 1 is 1.33 bits per heavy atom. The molecule has 2 aliphatic rings. The molecule has 1 N–H and O–H groups in total. The van der Waals surface area contributed by atoms with Crippen molar-refractivity contribution in [2.24, 2.45) is 5.92 Å². The van der Waals surface area contributed by atoms with Crippen LogP contribution in [0, 0.1) is 12.3 Å². The van der Waals surface area contributed by atoms with Crippen LogP contribution in [0.1, 0.15) is 12.8 Å². The molecule has 1 radical (unpaired) electrons. The molecule has 0 aromatic rings. The highest BCUT2D eigenvalue weighted by molar-refractivity contribution is 5.40. The molecule has 0 spiro atoms. The molecular weight excluding hydrogens is 110 g/mol. The van der Waals surface area contributed by atoms with Gasteiger partial charge in [0.2, 0.25) is 0 Å². The van der Waals surface area contributed by atoms with E-state index in [0.717, 1.165) is 5.92 Å². The van der Waals surface area contributed by atoms with Gasteiger partial charge in [-0.2, -0.15) is 0 Å². The van der Waals surface area contributed by atoms with E-state index in [-0.39, 0.29) is 0 Å². The minimum atomic E-state index is 0.909. The molecule has 9 heavy (non-hydrogen) atoms. The lowest BCUT2D eigenvalue weighted by atomic mass is 9.95. The number of hydrogen-bond donors (Lipinski definition) is 1. The first-order valence-electron chi connectivity index (χ1n) is 3.72. The maximum atomic E-state index is 3.36. The molecule has 1 heterocycles. The first-order valence-corrected chi connectivity index (χ1v) is 3.72. The first-order chi connectivity index (χ1) is 4.47. The van der Waals surface area contributed by atoms with Gasteiger partial charge in [0.15, 0.2) is 0 Å². The Kier molecular flexibility index (Phi) is 1.31. The second-order valence-electron chi connectivity index (χ2n) is 2.86. The standard InChI is InChI=1S/C8H12N/c1-2-7(1)8-3-5-9-6-4-8/h1-2,8-9H,3-6H2. The van der Waals surface area contributed by atoms with Crippen molar-refractivity contribution in [1.82, 2.24) is 5.32 Å². The average molecular weight is 122 g/mol. The van der Waals surface area contributed by atoms with Gasteiger partial charge in [0.1, 0.15) is 0 Å². The normalized spacial score (nSPS) is 27.8. The van der Waals surface area contributed by atoms with E-state index in [1.807, 2.05) is 0 Å². The number of piperidine rings is 1. The summed E-state index contributed by atoms with van der Waals surface area (Å²) in [7, 11) is 0. The van der Waals surface area contributed by atoms with Gasteiger partial charge in [-0.05, 0) is 31.8 Å². The maximum absolute atomic E-state index is 3.36. The molecule has 49 valence electrons. The third-order valence-corrected chi connectivity index (χ3v) is 2.17. The van der Waals surface area contributed by atoms with Crippen LogP contribution < -0.4 is 5.32 Å². The molecular formula is C8H12N. The van der Waals surface area contributed by atoms with E-state index in [0.29, 0.717) is 0 Å². The lowest BCUT2D eigenvalue weighted by Gasteiger charge is -2.19. The second kappa shape index (κ2) is 2.14. The summed E-state index contributed by atoms with van der Waals surface area (Å²) in [5.74, 6) is 0.909. The van der Waals surface area contributed by atoms with Crippen molar-refractivity contribution in [3.63, 3.8) is 0 Å². The van der Waals surface area contributed by atoms with Crippen LogP contribution in [0.3, 0.4) is 0 Å². The molecule has 1 heteroatoms. The summed E-state index contributed by atoms with van der Waals surface area (Å²) < 4.78 is 0. The van der Waals surface area contributed by atoms with Gasteiger partial charge in [0.25, 0.3) is 0 Å². The highest BCUT2D eigenvalue weighted by Gasteiger charge is 2.21. The fraction of sp³-hybridized carbons (Fsp3) is 0.625. The second-order valence-corrected chi connectivity index (χ2v) is 2.86. The van der Waals surface area contributed by atoms with E-state index >= 15 is 0 Å². The summed E-state index contributed by atoms with van der Waals surface area (Å²) in [5, 5.41) is 3.36. The van der Waals surface area contributed by atoms with Gasteiger partial charge in [-0.3, -0.25) is 0 Å². The lowest BCUT2D eigenvalue weighted by molar-refractivity contribution is 0.430. The fourth-order valence-corrected chi connectivity index (χ4v) is 1.48. The number of allylic oxidation sites excluding steroid dienone is 2. The van der Waals surface area contributed by atoms with Gasteiger partial charge < -0.3 is 5.32 Å². The van der Waals surface area contributed by atoms with Crippen LogP contribution in [0.2, 0.25) is 0 Å². The molecule has 0 amide bonds. The van der Waals surface area contributed by atoms with Crippen LogP contribution in [-0.2, 0) is 0 Å². The first kappa shape index (κ1) is 5.48. The minimum absolute atomic E-state index is 0.909. The average Bonchev–Trinajstić information content (AvgIpc) is 2.71. The molecule has 1 aliphatic carbocycles. The molecule has 1 saturated heterocycles. The minimum Gasteiger partial charge on any atom is -0.317 e. The Labute approximate surface area is 56.1 Å². The van der Waals surface area contributed by atoms with E-state index in [4.69, 9.17) is 0 Å². The number of nitrogens with one attached hydrogen (secondary N) is 1. The van der Waals surface area contributed by atoms with Crippen LogP contribution in [0.4, 0.5) is 0 Å². The smallest absolute Gasteiger partial charge is 0.00832 e. The van der Waals surface area contributed by atoms with Crippen molar-refractivity contribution in [2.45, 2.75) is 12.8 Å². The molecule has 0 unspecified atom stereocenters. The molecule has 0 aromatic heterocycles. The summed E-state index contributed by atoms with van der Waals surface area (Å²) in [6.45, 7) is 2.44. The van der Waals surface area contributed by atoms with Crippen molar-refractivity contribution in [1.29, 1.82) is 0 Å². The molecule has 2 rings (SSSR count). The van der Waals surface area contributed by atoms with Crippen LogP contribution in [0.5, 0.6) is 0 Å². The molecule has 0 aromatic carbocycles. The van der Waals surface area contributed by atoms with Gasteiger partial charge in [0, 0.05) is 6.42 Å². The molecule has 0 atom stereocenters. The van der Waals surface area contributed by atoms with Gasteiger partial charge in [0.05, 0.1) is 0 Å². The van der Waals surface area contributed by atoms with Crippen molar-refractivity contribution in [3.05, 3.63) is 18.1 Å². The van der Waals surface area contributed by atoms with Gasteiger partial charge in [-0.25, -0.2) is 0 Å². The largest absolute Gasteiger partial charge is 0.317 e. The zero-order chi connectivity index (χ0) is 6.10. The summed E-state index contributed by atoms with van der Waals surface area (Å²) in [6, 6.07) is 0. The van der Waals surface area contributed by atoms with E-state index in [9.17, 15) is 0 Å². The Morgan fingerprint density at radius 3 is 2.56 bits per heavy atom. The Balaban J connectivity index is 1.87. The lowest BCUT2D eigenvalue weighted by Crippen LogP contribution is -2.27. The topological polar surface area (TPSA) is 12.0 Å². The molecule has 1 nitrogen and oxygen atoms in total. The summed E-state index contributed by atoms with van der Waals surface area (Å²) in [5.41, 5.74) is 1.61. The monoisotopic (exact) mass is 122 g/mol. The van der Waals surface area contributed by atoms with Gasteiger partial charge >= 0.3 is 0 Å². The van der Waals surface area contributed by atoms with E-state index in [2.05, 4.69) is 17.8 Å². The number of rotatable bonds is 1. The number of hydrogen-bond acceptors (Lipinski definition) is 1. The molecule has 1 fully saturated rings. The Morgan fingerprint density at radius 2 is 2.00 bits per heavy atom. The van der Waals surface area contributed by atoms with Crippen LogP contribution in [0.15, 0.2) is 11.6 Å². The summed E-state index contributed by atoms with van der Waals surface area (Å²) in [6.07, 6.45) is 7.19. The molecule has 0 saturated carbocycles. The highest BCUT2D eigenvalue weighted by Crippen LogP contribution is 2.31. The van der Waals surface area contributed by atoms with Gasteiger partial charge in [-0.15, -0.1) is 0 Å². The van der Waals surface area contributed by atoms with Crippen molar-refractivity contribution < 1.29 is 0 Å². The van der Waals surface area contributed by atoms with Crippen molar-refractivity contribution in [3.8, 4) is 0 Å². The van der Waals surface area contributed by atoms with E-state index in [1.54, 1.807) is 5.57 Å². The third-order valence-electron chi connectivity index (χ3n) is 2.17. The SMILES string of the molecule is [CH]1C=C1C1CCNCC1. The molecule has 0 bridgehead atoms. The summed E-state index contributed by atoms with van der Waals surface area (Å²) >= 11 is 0. The van der Waals surface area contributed by atoms with E-state index < -0.39 is 0 Å². The van der Waals surface area contributed by atoms with E-state index in [1.165, 1.54) is 25.9 Å². The predicted octanol–water partition coefficient (Wildman–Crippen LogP) is 1.13. The summed E-state index contributed by atoms with van der Waals surface area (Å²) in [4.78, 5) is 0. The van der Waals surface area contributed by atoms with Crippen LogP contribution in [0.25, 0.3) is 0 Å². The van der Waals surface area contributed by atoms with Crippen molar-refractivity contribution >= 4 is 0 Å². The zero-order valence-corrected chi connectivity index (χ0v) is 5.56. The van der Waals surface area contributed by atoms with Crippen LogP contribution >= 0.6 is 0 Å². The third kappa shape index (κ3) is 1.16. The fourth-order valence-electron chi connectivity index (χ4n) is 1.48. The molecule has 1 aliphatic heterocycles. The maximum Gasteiger partial charge on any atom is 0.00832 e. The van der Waals surface area contributed by atoms with Gasteiger partial charge in [-0.1, -0.05) is 11.6 Å². The highest BCUT2D eigenvalue weighted by atomic mass is 14.9. The zero-order valence-electron chi connectivity index (χ0n) is 5.56. The Hall–Kier alpha value is -0.300. The predicted molar refractivity (Wildman–Crippen MR) is 38.0 cm³/mol. The van der Waals surface area contributed by atoms with Crippen LogP contribution in [-0.4, -0.2) is 13.1 Å². The van der Waals surface area contributed by atoms with Crippen molar-refractivity contribution in [2.75, 3.05) is 13.1 Å². The Bertz CT molecular complexity index is 132. The quantitative estimate of drug-likeness (QED) is 0.549.